The highest BCUT2D eigenvalue weighted by Crippen LogP contribution is 2.20. The van der Waals surface area contributed by atoms with Crippen molar-refractivity contribution in [2.45, 2.75) is 46.6 Å². The number of benzene rings is 2. The Balaban J connectivity index is 1.83. The normalized spacial score (nSPS) is 12.3. The maximum Gasteiger partial charge on any atom is 0.121 e. The van der Waals surface area contributed by atoms with E-state index >= 15 is 0 Å². The molecule has 0 saturated heterocycles. The first-order chi connectivity index (χ1) is 11.9. The first-order valence-electron chi connectivity index (χ1n) is 9.17. The van der Waals surface area contributed by atoms with Crippen molar-refractivity contribution in [1.29, 1.82) is 0 Å². The van der Waals surface area contributed by atoms with Gasteiger partial charge in [0.2, 0.25) is 0 Å². The largest absolute Gasteiger partial charge is 0.493 e. The van der Waals surface area contributed by atoms with Gasteiger partial charge in [0, 0.05) is 11.8 Å². The van der Waals surface area contributed by atoms with Gasteiger partial charge in [0.1, 0.15) is 17.6 Å². The highest BCUT2D eigenvalue weighted by atomic mass is 16.5. The summed E-state index contributed by atoms with van der Waals surface area (Å²) in [5.41, 5.74) is 2.38. The van der Waals surface area contributed by atoms with Gasteiger partial charge in [0.15, 0.2) is 0 Å². The monoisotopic (exact) mass is 341 g/mol. The van der Waals surface area contributed by atoms with Crippen LogP contribution in [0.25, 0.3) is 0 Å². The van der Waals surface area contributed by atoms with Crippen molar-refractivity contribution < 1.29 is 9.47 Å². The molecule has 0 heterocycles. The molecule has 2 aromatic carbocycles. The first-order valence-corrected chi connectivity index (χ1v) is 9.17. The van der Waals surface area contributed by atoms with Crippen LogP contribution in [0.2, 0.25) is 0 Å². The number of nitrogens with one attached hydrogen (secondary N) is 1. The van der Waals surface area contributed by atoms with Crippen LogP contribution >= 0.6 is 0 Å². The minimum Gasteiger partial charge on any atom is -0.493 e. The highest BCUT2D eigenvalue weighted by Gasteiger charge is 2.06. The van der Waals surface area contributed by atoms with Crippen molar-refractivity contribution in [2.75, 3.05) is 18.5 Å². The van der Waals surface area contributed by atoms with E-state index in [1.54, 1.807) is 0 Å². The van der Waals surface area contributed by atoms with Crippen LogP contribution in [0.3, 0.4) is 0 Å². The van der Waals surface area contributed by atoms with Gasteiger partial charge in [0.25, 0.3) is 0 Å². The lowest BCUT2D eigenvalue weighted by molar-refractivity contribution is 0.234. The van der Waals surface area contributed by atoms with Crippen LogP contribution in [0, 0.1) is 5.92 Å². The maximum atomic E-state index is 5.99. The summed E-state index contributed by atoms with van der Waals surface area (Å²) < 4.78 is 11.8. The minimum atomic E-state index is 0.0742. The Morgan fingerprint density at radius 1 is 0.880 bits per heavy atom. The van der Waals surface area contributed by atoms with Crippen LogP contribution in [0.4, 0.5) is 5.69 Å². The second-order valence-electron chi connectivity index (χ2n) is 7.27. The molecule has 0 saturated carbocycles. The smallest absolute Gasteiger partial charge is 0.121 e. The van der Waals surface area contributed by atoms with Gasteiger partial charge >= 0.3 is 0 Å². The van der Waals surface area contributed by atoms with E-state index in [-0.39, 0.29) is 6.10 Å². The van der Waals surface area contributed by atoms with E-state index in [9.17, 15) is 0 Å². The van der Waals surface area contributed by atoms with Crippen molar-refractivity contribution in [2.24, 2.45) is 5.92 Å². The van der Waals surface area contributed by atoms with Gasteiger partial charge in [-0.25, -0.2) is 0 Å². The molecular weight excluding hydrogens is 310 g/mol. The van der Waals surface area contributed by atoms with E-state index in [1.165, 1.54) is 5.56 Å². The van der Waals surface area contributed by atoms with Gasteiger partial charge in [-0.15, -0.1) is 0 Å². The van der Waals surface area contributed by atoms with Gasteiger partial charge in [-0.05, 0) is 48.6 Å². The number of ether oxygens (including phenoxy) is 2. The molecule has 0 amide bonds. The third-order valence-corrected chi connectivity index (χ3v) is 3.90. The molecule has 0 aliphatic heterocycles. The van der Waals surface area contributed by atoms with Gasteiger partial charge < -0.3 is 14.8 Å². The van der Waals surface area contributed by atoms with E-state index in [2.05, 4.69) is 52.1 Å². The zero-order chi connectivity index (χ0) is 18.2. The summed E-state index contributed by atoms with van der Waals surface area (Å²) in [5, 5.41) is 3.42. The lowest BCUT2D eigenvalue weighted by atomic mass is 10.0. The summed E-state index contributed by atoms with van der Waals surface area (Å²) in [5.74, 6) is 2.87. The Kier molecular flexibility index (Phi) is 7.17. The van der Waals surface area contributed by atoms with Crippen molar-refractivity contribution in [3.8, 4) is 11.5 Å². The molecule has 3 heteroatoms. The molecule has 136 valence electrons. The Morgan fingerprint density at radius 3 is 2.24 bits per heavy atom. The van der Waals surface area contributed by atoms with Crippen LogP contribution < -0.4 is 14.8 Å². The van der Waals surface area contributed by atoms with E-state index in [0.29, 0.717) is 11.8 Å². The quantitative estimate of drug-likeness (QED) is 0.632. The van der Waals surface area contributed by atoms with E-state index < -0.39 is 0 Å². The molecule has 0 fully saturated rings. The first kappa shape index (κ1) is 19.2. The minimum absolute atomic E-state index is 0.0742. The molecule has 2 rings (SSSR count). The summed E-state index contributed by atoms with van der Waals surface area (Å²) in [6.45, 7) is 12.2. The molecular formula is C22H31NO2. The number of hydrogen-bond acceptors (Lipinski definition) is 3. The molecule has 3 nitrogen and oxygen atoms in total. The second kappa shape index (κ2) is 9.36. The maximum absolute atomic E-state index is 5.99. The number of anilines is 1. The standard InChI is InChI=1S/C22H31NO2/c1-16(2)15-24-22-8-6-7-20(13-22)23-14-18(5)25-21-11-9-19(10-12-21)17(3)4/h6-13,16-18,23H,14-15H2,1-5H3. The lowest BCUT2D eigenvalue weighted by Crippen LogP contribution is -2.22. The molecule has 0 aliphatic rings. The average Bonchev–Trinajstić information content (AvgIpc) is 2.59. The van der Waals surface area contributed by atoms with E-state index in [4.69, 9.17) is 9.47 Å². The number of rotatable bonds is 9. The third kappa shape index (κ3) is 6.69. The lowest BCUT2D eigenvalue weighted by Gasteiger charge is -2.17. The Hall–Kier alpha value is -2.16. The molecule has 2 aromatic rings. The molecule has 1 unspecified atom stereocenters. The topological polar surface area (TPSA) is 30.5 Å². The highest BCUT2D eigenvalue weighted by molar-refractivity contribution is 5.48. The molecule has 25 heavy (non-hydrogen) atoms. The van der Waals surface area contributed by atoms with Gasteiger partial charge in [-0.3, -0.25) is 0 Å². The summed E-state index contributed by atoms with van der Waals surface area (Å²) >= 11 is 0. The fraction of sp³-hybridized carbons (Fsp3) is 0.455. The SMILES string of the molecule is CC(C)COc1cccc(NCC(C)Oc2ccc(C(C)C)cc2)c1. The molecule has 0 aromatic heterocycles. The van der Waals surface area contributed by atoms with Crippen molar-refractivity contribution >= 4 is 5.69 Å². The zero-order valence-electron chi connectivity index (χ0n) is 16.1. The summed E-state index contributed by atoms with van der Waals surface area (Å²) in [6, 6.07) is 16.4. The van der Waals surface area contributed by atoms with Crippen molar-refractivity contribution in [3.05, 3.63) is 54.1 Å². The van der Waals surface area contributed by atoms with Gasteiger partial charge in [0.05, 0.1) is 13.2 Å². The van der Waals surface area contributed by atoms with Crippen LogP contribution in [0.5, 0.6) is 11.5 Å². The van der Waals surface area contributed by atoms with Crippen LogP contribution in [0.15, 0.2) is 48.5 Å². The fourth-order valence-electron chi connectivity index (χ4n) is 2.43. The molecule has 1 atom stereocenters. The molecule has 1 N–H and O–H groups in total. The Labute approximate surface area is 152 Å². The summed E-state index contributed by atoms with van der Waals surface area (Å²) in [4.78, 5) is 0. The molecule has 0 radical (unpaired) electrons. The van der Waals surface area contributed by atoms with Crippen molar-refractivity contribution in [1.82, 2.24) is 0 Å². The predicted molar refractivity (Wildman–Crippen MR) is 106 cm³/mol. The Morgan fingerprint density at radius 2 is 1.60 bits per heavy atom. The predicted octanol–water partition coefficient (Wildman–Crippen LogP) is 5.72. The fourth-order valence-corrected chi connectivity index (χ4v) is 2.43. The average molecular weight is 341 g/mol. The summed E-state index contributed by atoms with van der Waals surface area (Å²) in [7, 11) is 0. The van der Waals surface area contributed by atoms with Gasteiger partial charge in [-0.2, -0.15) is 0 Å². The summed E-state index contributed by atoms with van der Waals surface area (Å²) in [6.07, 6.45) is 0.0742. The van der Waals surface area contributed by atoms with Crippen molar-refractivity contribution in [3.63, 3.8) is 0 Å². The Bertz CT molecular complexity index is 635. The van der Waals surface area contributed by atoms with Crippen LogP contribution in [-0.4, -0.2) is 19.3 Å². The van der Waals surface area contributed by atoms with E-state index in [0.717, 1.165) is 30.3 Å². The second-order valence-corrected chi connectivity index (χ2v) is 7.27. The zero-order valence-corrected chi connectivity index (χ0v) is 16.1. The molecule has 0 spiro atoms. The molecule has 0 bridgehead atoms. The van der Waals surface area contributed by atoms with Crippen LogP contribution in [0.1, 0.15) is 46.1 Å². The molecule has 0 aliphatic carbocycles. The van der Waals surface area contributed by atoms with Gasteiger partial charge in [-0.1, -0.05) is 45.9 Å². The number of hydrogen-bond donors (Lipinski definition) is 1. The van der Waals surface area contributed by atoms with E-state index in [1.807, 2.05) is 36.4 Å². The third-order valence-electron chi connectivity index (χ3n) is 3.90. The van der Waals surface area contributed by atoms with Crippen LogP contribution in [-0.2, 0) is 0 Å².